The van der Waals surface area contributed by atoms with Crippen LogP contribution in [0.15, 0.2) is 28.7 Å². The summed E-state index contributed by atoms with van der Waals surface area (Å²) in [5, 5.41) is 3.31. The maximum Gasteiger partial charge on any atom is 0.337 e. The number of aryl methyl sites for hydroxylation is 1. The number of carbonyl (C=O) groups excluding carboxylic acids is 1. The highest BCUT2D eigenvalue weighted by Gasteiger charge is 2.09. The maximum atomic E-state index is 11.5. The minimum atomic E-state index is -0.338. The number of benzene rings is 1. The van der Waals surface area contributed by atoms with E-state index >= 15 is 0 Å². The molecule has 1 N–H and O–H groups in total. The van der Waals surface area contributed by atoms with E-state index in [4.69, 9.17) is 16.3 Å². The highest BCUT2D eigenvalue weighted by atomic mass is 79.9. The van der Waals surface area contributed by atoms with Gasteiger partial charge in [0.1, 0.15) is 4.34 Å². The van der Waals surface area contributed by atoms with E-state index in [1.54, 1.807) is 12.1 Å². The summed E-state index contributed by atoms with van der Waals surface area (Å²) in [4.78, 5) is 12.6. The van der Waals surface area contributed by atoms with Gasteiger partial charge in [0.05, 0.1) is 12.7 Å². The van der Waals surface area contributed by atoms with Crippen LogP contribution in [0.4, 0.5) is 5.69 Å². The van der Waals surface area contributed by atoms with E-state index < -0.39 is 0 Å². The molecule has 0 atom stereocenters. The van der Waals surface area contributed by atoms with Crippen LogP contribution in [0.2, 0.25) is 4.34 Å². The van der Waals surface area contributed by atoms with Crippen molar-refractivity contribution in [2.24, 2.45) is 0 Å². The number of rotatable bonds is 4. The predicted molar refractivity (Wildman–Crippen MR) is 86.9 cm³/mol. The summed E-state index contributed by atoms with van der Waals surface area (Å²) < 4.78 is 6.37. The van der Waals surface area contributed by atoms with Gasteiger partial charge in [-0.1, -0.05) is 17.7 Å². The van der Waals surface area contributed by atoms with Crippen molar-refractivity contribution >= 4 is 50.5 Å². The third-order valence-corrected chi connectivity index (χ3v) is 5.28. The number of halogens is 2. The first-order chi connectivity index (χ1) is 9.51. The van der Waals surface area contributed by atoms with Gasteiger partial charge in [-0.25, -0.2) is 4.79 Å². The topological polar surface area (TPSA) is 38.3 Å². The average Bonchev–Trinajstić information content (AvgIpc) is 2.76. The molecule has 0 aliphatic heterocycles. The highest BCUT2D eigenvalue weighted by molar-refractivity contribution is 9.10. The molecule has 20 heavy (non-hydrogen) atoms. The number of carbonyl (C=O) groups is 1. The zero-order valence-electron chi connectivity index (χ0n) is 11.0. The van der Waals surface area contributed by atoms with Gasteiger partial charge in [0, 0.05) is 21.6 Å². The predicted octanol–water partition coefficient (Wildman–Crippen LogP) is 4.87. The van der Waals surface area contributed by atoms with Crippen LogP contribution in [0.5, 0.6) is 0 Å². The fourth-order valence-electron chi connectivity index (χ4n) is 1.72. The molecular formula is C14H13BrClNO2S. The molecule has 0 radical (unpaired) electrons. The number of nitrogens with one attached hydrogen (secondary N) is 1. The first-order valence-corrected chi connectivity index (χ1v) is 7.86. The molecule has 1 heterocycles. The standard InChI is InChI=1S/C14H13BrClNO2S/c1-8-3-4-9(14(18)19-2)5-12(8)17-7-10-6-11(15)13(16)20-10/h3-6,17H,7H2,1-2H3. The fraction of sp³-hybridized carbons (Fsp3) is 0.214. The van der Waals surface area contributed by atoms with Crippen LogP contribution in [0, 0.1) is 6.92 Å². The Morgan fingerprint density at radius 3 is 2.80 bits per heavy atom. The molecule has 0 spiro atoms. The van der Waals surface area contributed by atoms with Crippen LogP contribution in [0.1, 0.15) is 20.8 Å². The fourth-order valence-corrected chi connectivity index (χ4v) is 3.45. The van der Waals surface area contributed by atoms with E-state index in [2.05, 4.69) is 21.2 Å². The van der Waals surface area contributed by atoms with Crippen LogP contribution in [-0.4, -0.2) is 13.1 Å². The average molecular weight is 375 g/mol. The number of methoxy groups -OCH3 is 1. The smallest absolute Gasteiger partial charge is 0.337 e. The molecule has 0 saturated heterocycles. The molecular weight excluding hydrogens is 362 g/mol. The number of anilines is 1. The highest BCUT2D eigenvalue weighted by Crippen LogP contribution is 2.32. The van der Waals surface area contributed by atoms with E-state index in [0.717, 1.165) is 24.9 Å². The Bertz CT molecular complexity index is 623. The van der Waals surface area contributed by atoms with E-state index in [0.29, 0.717) is 12.1 Å². The summed E-state index contributed by atoms with van der Waals surface area (Å²) in [6, 6.07) is 7.43. The van der Waals surface area contributed by atoms with Gasteiger partial charge in [-0.3, -0.25) is 0 Å². The van der Waals surface area contributed by atoms with E-state index in [1.165, 1.54) is 18.4 Å². The lowest BCUT2D eigenvalue weighted by molar-refractivity contribution is 0.0601. The van der Waals surface area contributed by atoms with Crippen molar-refractivity contribution in [3.63, 3.8) is 0 Å². The monoisotopic (exact) mass is 373 g/mol. The summed E-state index contributed by atoms with van der Waals surface area (Å²) in [7, 11) is 1.38. The van der Waals surface area contributed by atoms with Crippen LogP contribution in [-0.2, 0) is 11.3 Å². The lowest BCUT2D eigenvalue weighted by Gasteiger charge is -2.10. The lowest BCUT2D eigenvalue weighted by atomic mass is 10.1. The SMILES string of the molecule is COC(=O)c1ccc(C)c(NCc2cc(Br)c(Cl)s2)c1. The Balaban J connectivity index is 2.14. The summed E-state index contributed by atoms with van der Waals surface area (Å²) >= 11 is 10.9. The van der Waals surface area contributed by atoms with Crippen molar-refractivity contribution in [1.29, 1.82) is 0 Å². The minimum Gasteiger partial charge on any atom is -0.465 e. The second-order valence-corrected chi connectivity index (χ2v) is 6.80. The molecule has 0 unspecified atom stereocenters. The van der Waals surface area contributed by atoms with Crippen LogP contribution < -0.4 is 5.32 Å². The van der Waals surface area contributed by atoms with Crippen molar-refractivity contribution in [3.8, 4) is 0 Å². The zero-order valence-corrected chi connectivity index (χ0v) is 14.2. The molecule has 0 amide bonds. The molecule has 0 aliphatic rings. The molecule has 0 fully saturated rings. The van der Waals surface area contributed by atoms with Crippen molar-refractivity contribution < 1.29 is 9.53 Å². The number of hydrogen-bond donors (Lipinski definition) is 1. The van der Waals surface area contributed by atoms with Crippen LogP contribution in [0.25, 0.3) is 0 Å². The van der Waals surface area contributed by atoms with Gasteiger partial charge in [0.2, 0.25) is 0 Å². The van der Waals surface area contributed by atoms with E-state index in [1.807, 2.05) is 19.1 Å². The number of ether oxygens (including phenoxy) is 1. The first-order valence-electron chi connectivity index (χ1n) is 5.88. The molecule has 6 heteroatoms. The summed E-state index contributed by atoms with van der Waals surface area (Å²) in [6.45, 7) is 2.64. The molecule has 0 bridgehead atoms. The van der Waals surface area contributed by atoms with Crippen molar-refractivity contribution in [2.45, 2.75) is 13.5 Å². The second kappa shape index (κ2) is 6.61. The van der Waals surface area contributed by atoms with Crippen LogP contribution in [0.3, 0.4) is 0 Å². The quantitative estimate of drug-likeness (QED) is 0.776. The Morgan fingerprint density at radius 1 is 1.45 bits per heavy atom. The Morgan fingerprint density at radius 2 is 2.20 bits per heavy atom. The minimum absolute atomic E-state index is 0.338. The van der Waals surface area contributed by atoms with Crippen molar-refractivity contribution in [3.05, 3.63) is 49.1 Å². The van der Waals surface area contributed by atoms with Gasteiger partial charge in [-0.05, 0) is 46.6 Å². The summed E-state index contributed by atoms with van der Waals surface area (Å²) in [5.74, 6) is -0.338. The molecule has 2 aromatic rings. The van der Waals surface area contributed by atoms with Gasteiger partial charge in [0.15, 0.2) is 0 Å². The normalized spacial score (nSPS) is 10.4. The van der Waals surface area contributed by atoms with E-state index in [-0.39, 0.29) is 5.97 Å². The van der Waals surface area contributed by atoms with Crippen molar-refractivity contribution in [1.82, 2.24) is 0 Å². The molecule has 1 aromatic carbocycles. The lowest BCUT2D eigenvalue weighted by Crippen LogP contribution is -2.04. The van der Waals surface area contributed by atoms with Gasteiger partial charge in [-0.15, -0.1) is 11.3 Å². The summed E-state index contributed by atoms with van der Waals surface area (Å²) in [6.07, 6.45) is 0. The number of esters is 1. The Labute approximate surface area is 135 Å². The molecule has 2 rings (SSSR count). The number of hydrogen-bond acceptors (Lipinski definition) is 4. The van der Waals surface area contributed by atoms with E-state index in [9.17, 15) is 4.79 Å². The molecule has 3 nitrogen and oxygen atoms in total. The third-order valence-electron chi connectivity index (χ3n) is 2.81. The van der Waals surface area contributed by atoms with Gasteiger partial charge in [-0.2, -0.15) is 0 Å². The van der Waals surface area contributed by atoms with Crippen molar-refractivity contribution in [2.75, 3.05) is 12.4 Å². The van der Waals surface area contributed by atoms with Gasteiger partial charge < -0.3 is 10.1 Å². The molecule has 0 saturated carbocycles. The summed E-state index contributed by atoms with van der Waals surface area (Å²) in [5.41, 5.74) is 2.51. The van der Waals surface area contributed by atoms with Gasteiger partial charge >= 0.3 is 5.97 Å². The Kier molecular flexibility index (Phi) is 5.07. The molecule has 0 aliphatic carbocycles. The van der Waals surface area contributed by atoms with Crippen LogP contribution >= 0.6 is 38.9 Å². The number of thiophene rings is 1. The largest absolute Gasteiger partial charge is 0.465 e. The third kappa shape index (κ3) is 3.53. The van der Waals surface area contributed by atoms with Gasteiger partial charge in [0.25, 0.3) is 0 Å². The Hall–Kier alpha value is -1.04. The zero-order chi connectivity index (χ0) is 14.7. The second-order valence-electron chi connectivity index (χ2n) is 4.21. The first kappa shape index (κ1) is 15.4. The molecule has 106 valence electrons. The molecule has 1 aromatic heterocycles. The maximum absolute atomic E-state index is 11.5.